The van der Waals surface area contributed by atoms with Gasteiger partial charge >= 0.3 is 0 Å². The molecule has 1 unspecified atom stereocenters. The molecule has 4 heteroatoms. The molecule has 0 heterocycles. The summed E-state index contributed by atoms with van der Waals surface area (Å²) >= 11 is 12.2. The van der Waals surface area contributed by atoms with Crippen LogP contribution in [-0.2, 0) is 0 Å². The van der Waals surface area contributed by atoms with Crippen molar-refractivity contribution in [1.29, 1.82) is 0 Å². The molecule has 1 nitrogen and oxygen atoms in total. The third kappa shape index (κ3) is 3.44. The first-order valence-electron chi connectivity index (χ1n) is 6.45. The van der Waals surface area contributed by atoms with Crippen LogP contribution >= 0.6 is 23.2 Å². The van der Waals surface area contributed by atoms with Crippen molar-refractivity contribution in [1.82, 2.24) is 0 Å². The number of anilines is 1. The molecule has 106 valence electrons. The first kappa shape index (κ1) is 15.1. The third-order valence-electron chi connectivity index (χ3n) is 3.13. The molecule has 0 fully saturated rings. The Kier molecular flexibility index (Phi) is 4.90. The van der Waals surface area contributed by atoms with Crippen molar-refractivity contribution >= 4 is 28.9 Å². The zero-order chi connectivity index (χ0) is 14.7. The lowest BCUT2D eigenvalue weighted by Gasteiger charge is -2.25. The minimum Gasteiger partial charge on any atom is -0.376 e. The molecule has 0 saturated heterocycles. The number of hydrogen-bond acceptors (Lipinski definition) is 1. The van der Waals surface area contributed by atoms with Crippen LogP contribution in [0.25, 0.3) is 0 Å². The molecule has 0 saturated carbocycles. The van der Waals surface area contributed by atoms with E-state index in [1.165, 1.54) is 12.1 Å². The van der Waals surface area contributed by atoms with Gasteiger partial charge in [-0.1, -0.05) is 67.4 Å². The number of rotatable bonds is 4. The van der Waals surface area contributed by atoms with E-state index in [4.69, 9.17) is 23.2 Å². The molecule has 1 atom stereocenters. The molecule has 0 spiro atoms. The number of nitrogens with one attached hydrogen (secondary N) is 1. The molecule has 2 aromatic rings. The van der Waals surface area contributed by atoms with Crippen molar-refractivity contribution in [2.45, 2.75) is 19.9 Å². The summed E-state index contributed by atoms with van der Waals surface area (Å²) in [5.74, 6) is -0.110. The highest BCUT2D eigenvalue weighted by Crippen LogP contribution is 2.36. The largest absolute Gasteiger partial charge is 0.376 e. The van der Waals surface area contributed by atoms with Gasteiger partial charge in [0.25, 0.3) is 0 Å². The van der Waals surface area contributed by atoms with Gasteiger partial charge in [-0.15, -0.1) is 0 Å². The molecular weight excluding hydrogens is 296 g/mol. The van der Waals surface area contributed by atoms with E-state index in [1.807, 2.05) is 30.3 Å². The van der Waals surface area contributed by atoms with Crippen LogP contribution in [0.1, 0.15) is 25.5 Å². The van der Waals surface area contributed by atoms with Gasteiger partial charge < -0.3 is 5.32 Å². The van der Waals surface area contributed by atoms with Crippen LogP contribution in [0.15, 0.2) is 42.5 Å². The molecule has 1 N–H and O–H groups in total. The average molecular weight is 312 g/mol. The number of benzene rings is 2. The van der Waals surface area contributed by atoms with Crippen molar-refractivity contribution in [2.75, 3.05) is 5.32 Å². The molecule has 2 aromatic carbocycles. The Morgan fingerprint density at radius 1 is 1.00 bits per heavy atom. The van der Waals surface area contributed by atoms with Crippen molar-refractivity contribution in [3.05, 3.63) is 63.9 Å². The monoisotopic (exact) mass is 311 g/mol. The highest BCUT2D eigenvalue weighted by atomic mass is 35.5. The summed E-state index contributed by atoms with van der Waals surface area (Å²) in [5.41, 5.74) is 1.70. The van der Waals surface area contributed by atoms with Crippen molar-refractivity contribution < 1.29 is 4.39 Å². The van der Waals surface area contributed by atoms with Gasteiger partial charge in [0.15, 0.2) is 0 Å². The second kappa shape index (κ2) is 6.47. The Morgan fingerprint density at radius 2 is 1.55 bits per heavy atom. The highest BCUT2D eigenvalue weighted by molar-refractivity contribution is 6.39. The quantitative estimate of drug-likeness (QED) is 0.736. The number of hydrogen-bond donors (Lipinski definition) is 1. The second-order valence-electron chi connectivity index (χ2n) is 5.02. The Morgan fingerprint density at radius 3 is 2.05 bits per heavy atom. The maximum Gasteiger partial charge on any atom is 0.126 e. The molecule has 0 aliphatic rings. The molecule has 2 rings (SSSR count). The predicted octanol–water partition coefficient (Wildman–Crippen LogP) is 5.94. The van der Waals surface area contributed by atoms with Gasteiger partial charge in [0.2, 0.25) is 0 Å². The molecule has 0 aliphatic heterocycles. The zero-order valence-corrected chi connectivity index (χ0v) is 12.8. The molecule has 0 amide bonds. The highest BCUT2D eigenvalue weighted by Gasteiger charge is 2.18. The summed E-state index contributed by atoms with van der Waals surface area (Å²) in [5, 5.41) is 3.90. The SMILES string of the molecule is CC(C)C(Nc1c(Cl)cc(F)cc1Cl)c1ccccc1. The van der Waals surface area contributed by atoms with E-state index in [9.17, 15) is 4.39 Å². The van der Waals surface area contributed by atoms with E-state index in [0.29, 0.717) is 11.6 Å². The van der Waals surface area contributed by atoms with Gasteiger partial charge in [-0.25, -0.2) is 4.39 Å². The maximum atomic E-state index is 13.2. The fourth-order valence-corrected chi connectivity index (χ4v) is 2.70. The van der Waals surface area contributed by atoms with Gasteiger partial charge in [0, 0.05) is 0 Å². The Bertz CT molecular complexity index is 561. The predicted molar refractivity (Wildman–Crippen MR) is 84.1 cm³/mol. The number of halogens is 3. The average Bonchev–Trinajstić information content (AvgIpc) is 2.38. The lowest BCUT2D eigenvalue weighted by atomic mass is 9.96. The third-order valence-corrected chi connectivity index (χ3v) is 3.73. The van der Waals surface area contributed by atoms with Crippen LogP contribution in [0.2, 0.25) is 10.0 Å². The maximum absolute atomic E-state index is 13.2. The van der Waals surface area contributed by atoms with Gasteiger partial charge in [-0.3, -0.25) is 0 Å². The van der Waals surface area contributed by atoms with Crippen LogP contribution in [0.4, 0.5) is 10.1 Å². The van der Waals surface area contributed by atoms with Gasteiger partial charge in [0.1, 0.15) is 5.82 Å². The minimum atomic E-state index is -0.439. The van der Waals surface area contributed by atoms with E-state index in [2.05, 4.69) is 19.2 Å². The first-order chi connectivity index (χ1) is 9.49. The van der Waals surface area contributed by atoms with E-state index < -0.39 is 5.82 Å². The first-order valence-corrected chi connectivity index (χ1v) is 7.20. The molecular formula is C16H16Cl2FN. The summed E-state index contributed by atoms with van der Waals surface area (Å²) in [6.45, 7) is 4.21. The lowest BCUT2D eigenvalue weighted by molar-refractivity contribution is 0.546. The van der Waals surface area contributed by atoms with Gasteiger partial charge in [-0.05, 0) is 23.6 Å². The molecule has 0 radical (unpaired) electrons. The van der Waals surface area contributed by atoms with E-state index in [0.717, 1.165) is 5.56 Å². The van der Waals surface area contributed by atoms with Gasteiger partial charge in [-0.2, -0.15) is 0 Å². The van der Waals surface area contributed by atoms with E-state index in [1.54, 1.807) is 0 Å². The normalized spacial score (nSPS) is 12.5. The minimum absolute atomic E-state index is 0.0525. The second-order valence-corrected chi connectivity index (χ2v) is 5.84. The summed E-state index contributed by atoms with van der Waals surface area (Å²) in [6.07, 6.45) is 0. The van der Waals surface area contributed by atoms with Crippen molar-refractivity contribution in [3.8, 4) is 0 Å². The zero-order valence-electron chi connectivity index (χ0n) is 11.3. The molecule has 20 heavy (non-hydrogen) atoms. The Hall–Kier alpha value is -1.25. The summed E-state index contributed by atoms with van der Waals surface area (Å²) < 4.78 is 13.2. The fourth-order valence-electron chi connectivity index (χ4n) is 2.13. The van der Waals surface area contributed by atoms with Crippen LogP contribution < -0.4 is 5.32 Å². The van der Waals surface area contributed by atoms with Crippen LogP contribution in [0, 0.1) is 11.7 Å². The standard InChI is InChI=1S/C16H16Cl2FN/c1-10(2)15(11-6-4-3-5-7-11)20-16-13(17)8-12(19)9-14(16)18/h3-10,15,20H,1-2H3. The van der Waals surface area contributed by atoms with Crippen molar-refractivity contribution in [2.24, 2.45) is 5.92 Å². The Labute approximate surface area is 128 Å². The fraction of sp³-hybridized carbons (Fsp3) is 0.250. The summed E-state index contributed by atoms with van der Waals surface area (Å²) in [7, 11) is 0. The molecule has 0 aliphatic carbocycles. The van der Waals surface area contributed by atoms with Crippen LogP contribution in [0.3, 0.4) is 0 Å². The summed E-state index contributed by atoms with van der Waals surface area (Å²) in [4.78, 5) is 0. The van der Waals surface area contributed by atoms with Crippen LogP contribution in [0.5, 0.6) is 0 Å². The molecule has 0 bridgehead atoms. The smallest absolute Gasteiger partial charge is 0.126 e. The topological polar surface area (TPSA) is 12.0 Å². The van der Waals surface area contributed by atoms with E-state index in [-0.39, 0.29) is 16.1 Å². The van der Waals surface area contributed by atoms with Crippen LogP contribution in [-0.4, -0.2) is 0 Å². The Balaban J connectivity index is 2.35. The summed E-state index contributed by atoms with van der Waals surface area (Å²) in [6, 6.07) is 12.6. The lowest BCUT2D eigenvalue weighted by Crippen LogP contribution is -2.17. The van der Waals surface area contributed by atoms with Crippen molar-refractivity contribution in [3.63, 3.8) is 0 Å². The van der Waals surface area contributed by atoms with Gasteiger partial charge in [0.05, 0.1) is 21.8 Å². The molecule has 0 aromatic heterocycles. The van der Waals surface area contributed by atoms with E-state index >= 15 is 0 Å².